The van der Waals surface area contributed by atoms with Crippen LogP contribution in [0.15, 0.2) is 36.7 Å². The number of hydrogen-bond acceptors (Lipinski definition) is 1. The summed E-state index contributed by atoms with van der Waals surface area (Å²) in [5.41, 5.74) is 0.890. The highest BCUT2D eigenvalue weighted by Gasteiger charge is 2.03. The number of halogens is 1. The Labute approximate surface area is 97.3 Å². The maximum absolute atomic E-state index is 12.9. The molecule has 0 aromatic rings. The fourth-order valence-electron chi connectivity index (χ4n) is 1.24. The minimum absolute atomic E-state index is 0.0778. The minimum atomic E-state index is -0.0778. The maximum atomic E-state index is 12.9. The van der Waals surface area contributed by atoms with E-state index in [0.29, 0.717) is 12.3 Å². The van der Waals surface area contributed by atoms with Crippen molar-refractivity contribution in [3.8, 4) is 0 Å². The second kappa shape index (κ2) is 8.78. The van der Waals surface area contributed by atoms with E-state index in [9.17, 15) is 4.39 Å². The summed E-state index contributed by atoms with van der Waals surface area (Å²) in [6.07, 6.45) is 4.80. The van der Waals surface area contributed by atoms with Gasteiger partial charge in [-0.2, -0.15) is 11.8 Å². The molecule has 0 aliphatic carbocycles. The van der Waals surface area contributed by atoms with Crippen LogP contribution in [0.4, 0.5) is 4.39 Å². The molecule has 0 fully saturated rings. The lowest BCUT2D eigenvalue weighted by Gasteiger charge is -2.10. The third kappa shape index (κ3) is 8.49. The van der Waals surface area contributed by atoms with Crippen molar-refractivity contribution in [3.05, 3.63) is 36.7 Å². The van der Waals surface area contributed by atoms with Gasteiger partial charge in [-0.05, 0) is 30.6 Å². The zero-order chi connectivity index (χ0) is 11.7. The zero-order valence-electron chi connectivity index (χ0n) is 9.76. The lowest BCUT2D eigenvalue weighted by molar-refractivity contribution is 0.598. The van der Waals surface area contributed by atoms with Gasteiger partial charge >= 0.3 is 0 Å². The van der Waals surface area contributed by atoms with Crippen LogP contribution in [0.1, 0.15) is 26.7 Å². The van der Waals surface area contributed by atoms with Crippen LogP contribution in [-0.4, -0.2) is 11.5 Å². The third-order valence-electron chi connectivity index (χ3n) is 1.95. The van der Waals surface area contributed by atoms with Gasteiger partial charge in [-0.3, -0.25) is 0 Å². The van der Waals surface area contributed by atoms with E-state index in [1.165, 1.54) is 0 Å². The van der Waals surface area contributed by atoms with Gasteiger partial charge in [0.1, 0.15) is 0 Å². The van der Waals surface area contributed by atoms with Gasteiger partial charge in [-0.25, -0.2) is 4.39 Å². The first kappa shape index (κ1) is 14.5. The molecule has 0 amide bonds. The second-order valence-corrected chi connectivity index (χ2v) is 4.81. The molecular weight excluding hydrogens is 207 g/mol. The number of hydrogen-bond donors (Lipinski definition) is 0. The Morgan fingerprint density at radius 1 is 1.53 bits per heavy atom. The zero-order valence-corrected chi connectivity index (χ0v) is 10.6. The Morgan fingerprint density at radius 2 is 2.20 bits per heavy atom. The molecule has 0 spiro atoms. The van der Waals surface area contributed by atoms with Crippen molar-refractivity contribution in [2.45, 2.75) is 26.7 Å². The highest BCUT2D eigenvalue weighted by atomic mass is 32.2. The first-order valence-corrected chi connectivity index (χ1v) is 6.48. The number of rotatable bonds is 8. The summed E-state index contributed by atoms with van der Waals surface area (Å²) in [4.78, 5) is 0. The molecule has 0 nitrogen and oxygen atoms in total. The average Bonchev–Trinajstić information content (AvgIpc) is 2.17. The van der Waals surface area contributed by atoms with Crippen molar-refractivity contribution >= 4 is 11.8 Å². The molecule has 0 rings (SSSR count). The molecule has 0 saturated heterocycles. The van der Waals surface area contributed by atoms with Crippen LogP contribution in [0.25, 0.3) is 0 Å². The van der Waals surface area contributed by atoms with Crippen LogP contribution in [0.2, 0.25) is 0 Å². The van der Waals surface area contributed by atoms with Crippen LogP contribution < -0.4 is 0 Å². The van der Waals surface area contributed by atoms with Gasteiger partial charge < -0.3 is 0 Å². The van der Waals surface area contributed by atoms with Gasteiger partial charge in [0.05, 0.1) is 5.83 Å². The molecule has 1 atom stereocenters. The van der Waals surface area contributed by atoms with Crippen LogP contribution in [0, 0.1) is 5.92 Å². The highest BCUT2D eigenvalue weighted by molar-refractivity contribution is 7.99. The lowest BCUT2D eigenvalue weighted by Crippen LogP contribution is -1.99. The molecule has 86 valence electrons. The average molecular weight is 228 g/mol. The Hall–Kier alpha value is -0.500. The number of allylic oxidation sites excluding steroid dienone is 3. The van der Waals surface area contributed by atoms with E-state index in [-0.39, 0.29) is 5.83 Å². The molecular formula is C13H21FS. The Balaban J connectivity index is 3.80. The summed E-state index contributed by atoms with van der Waals surface area (Å²) in [6.45, 7) is 11.5. The van der Waals surface area contributed by atoms with E-state index in [2.05, 4.69) is 20.1 Å². The summed E-state index contributed by atoms with van der Waals surface area (Å²) < 4.78 is 12.9. The van der Waals surface area contributed by atoms with Crippen LogP contribution in [-0.2, 0) is 0 Å². The van der Waals surface area contributed by atoms with Crippen LogP contribution in [0.3, 0.4) is 0 Å². The normalized spacial score (nSPS) is 13.7. The Kier molecular flexibility index (Phi) is 8.49. The van der Waals surface area contributed by atoms with E-state index in [4.69, 9.17) is 0 Å². The van der Waals surface area contributed by atoms with E-state index in [1.807, 2.05) is 24.8 Å². The smallest absolute Gasteiger partial charge is 0.0999 e. The van der Waals surface area contributed by atoms with Crippen molar-refractivity contribution in [2.24, 2.45) is 5.92 Å². The standard InChI is InChI=1S/C13H21FS/c1-5-7-15-10-12(4)8-11(3)9-13(14)6-2/h5,9,12H,1,3,6-8,10H2,2,4H3/b13-9+. The predicted octanol–water partition coefficient (Wildman–Crippen LogP) is 4.75. The summed E-state index contributed by atoms with van der Waals surface area (Å²) in [5, 5.41) is 0. The molecule has 0 aromatic carbocycles. The fourth-order valence-corrected chi connectivity index (χ4v) is 2.06. The van der Waals surface area contributed by atoms with E-state index in [0.717, 1.165) is 23.5 Å². The molecule has 0 heterocycles. The molecule has 0 aromatic heterocycles. The van der Waals surface area contributed by atoms with E-state index in [1.54, 1.807) is 6.08 Å². The SMILES string of the molecule is C=CCSCC(C)CC(=C)/C=C(/F)CC. The number of thioether (sulfide) groups is 1. The highest BCUT2D eigenvalue weighted by Crippen LogP contribution is 2.18. The van der Waals surface area contributed by atoms with E-state index < -0.39 is 0 Å². The largest absolute Gasteiger partial charge is 0.212 e. The fraction of sp³-hybridized carbons (Fsp3) is 0.538. The topological polar surface area (TPSA) is 0 Å². The van der Waals surface area contributed by atoms with Crippen LogP contribution >= 0.6 is 11.8 Å². The van der Waals surface area contributed by atoms with Crippen molar-refractivity contribution in [1.82, 2.24) is 0 Å². The van der Waals surface area contributed by atoms with Gasteiger partial charge in [0.25, 0.3) is 0 Å². The van der Waals surface area contributed by atoms with Crippen molar-refractivity contribution in [3.63, 3.8) is 0 Å². The first-order valence-electron chi connectivity index (χ1n) is 5.32. The lowest BCUT2D eigenvalue weighted by atomic mass is 10.0. The summed E-state index contributed by atoms with van der Waals surface area (Å²) in [7, 11) is 0. The first-order chi connectivity index (χ1) is 7.10. The van der Waals surface area contributed by atoms with Gasteiger partial charge in [0.2, 0.25) is 0 Å². The molecule has 0 aliphatic rings. The minimum Gasteiger partial charge on any atom is -0.212 e. The third-order valence-corrected chi connectivity index (χ3v) is 3.22. The monoisotopic (exact) mass is 228 g/mol. The molecule has 0 bridgehead atoms. The van der Waals surface area contributed by atoms with Gasteiger partial charge in [0.15, 0.2) is 0 Å². The molecule has 1 unspecified atom stereocenters. The Morgan fingerprint density at radius 3 is 2.73 bits per heavy atom. The molecule has 0 aliphatic heterocycles. The van der Waals surface area contributed by atoms with E-state index >= 15 is 0 Å². The summed E-state index contributed by atoms with van der Waals surface area (Å²) in [6, 6.07) is 0. The van der Waals surface area contributed by atoms with Gasteiger partial charge in [-0.1, -0.05) is 32.1 Å². The maximum Gasteiger partial charge on any atom is 0.0999 e. The van der Waals surface area contributed by atoms with Gasteiger partial charge in [-0.15, -0.1) is 6.58 Å². The second-order valence-electron chi connectivity index (χ2n) is 3.74. The molecule has 0 radical (unpaired) electrons. The predicted molar refractivity (Wildman–Crippen MR) is 69.9 cm³/mol. The molecule has 15 heavy (non-hydrogen) atoms. The van der Waals surface area contributed by atoms with Crippen molar-refractivity contribution < 1.29 is 4.39 Å². The van der Waals surface area contributed by atoms with Crippen molar-refractivity contribution in [1.29, 1.82) is 0 Å². The summed E-state index contributed by atoms with van der Waals surface area (Å²) >= 11 is 1.85. The van der Waals surface area contributed by atoms with Crippen molar-refractivity contribution in [2.75, 3.05) is 11.5 Å². The Bertz CT molecular complexity index is 231. The molecule has 2 heteroatoms. The van der Waals surface area contributed by atoms with Gasteiger partial charge in [0, 0.05) is 5.75 Å². The molecule has 0 saturated carbocycles. The quantitative estimate of drug-likeness (QED) is 0.328. The van der Waals surface area contributed by atoms with Crippen LogP contribution in [0.5, 0.6) is 0 Å². The molecule has 0 N–H and O–H groups in total. The summed E-state index contributed by atoms with van der Waals surface area (Å²) in [5.74, 6) is 2.53.